The maximum Gasteiger partial charge on any atom is 0.243 e. The molecule has 8 heteroatoms. The number of benzene rings is 1. The van der Waals surface area contributed by atoms with E-state index in [4.69, 9.17) is 0 Å². The molecular weight excluding hydrogens is 451 g/mol. The lowest BCUT2D eigenvalue weighted by molar-refractivity contribution is 0.346. The van der Waals surface area contributed by atoms with Gasteiger partial charge in [-0.25, -0.2) is 13.4 Å². The first-order valence-corrected chi connectivity index (χ1v) is 10.1. The maximum absolute atomic E-state index is 12.6. The molecule has 1 heterocycles. The molecule has 142 valence electrons. The summed E-state index contributed by atoms with van der Waals surface area (Å²) in [5.41, 5.74) is 0.987. The Morgan fingerprint density at radius 2 is 1.60 bits per heavy atom. The van der Waals surface area contributed by atoms with Gasteiger partial charge in [0, 0.05) is 26.2 Å². The van der Waals surface area contributed by atoms with Crippen molar-refractivity contribution in [2.24, 2.45) is 4.99 Å². The first-order valence-electron chi connectivity index (χ1n) is 8.69. The molecule has 0 radical (unpaired) electrons. The van der Waals surface area contributed by atoms with Crippen LogP contribution in [-0.2, 0) is 16.6 Å². The Kier molecular flexibility index (Phi) is 9.73. The van der Waals surface area contributed by atoms with Gasteiger partial charge in [0.2, 0.25) is 10.0 Å². The van der Waals surface area contributed by atoms with Gasteiger partial charge in [0.1, 0.15) is 0 Å². The highest BCUT2D eigenvalue weighted by molar-refractivity contribution is 14.0. The molecule has 0 bridgehead atoms. The number of halogens is 1. The van der Waals surface area contributed by atoms with E-state index in [1.165, 1.54) is 0 Å². The van der Waals surface area contributed by atoms with Crippen LogP contribution >= 0.6 is 24.0 Å². The molecule has 6 nitrogen and oxygen atoms in total. The summed E-state index contributed by atoms with van der Waals surface area (Å²) in [4.78, 5) is 4.86. The van der Waals surface area contributed by atoms with Gasteiger partial charge in [0.05, 0.1) is 11.4 Å². The summed E-state index contributed by atoms with van der Waals surface area (Å²) in [6.45, 7) is 7.42. The highest BCUT2D eigenvalue weighted by Gasteiger charge is 2.25. The molecule has 0 amide bonds. The van der Waals surface area contributed by atoms with Gasteiger partial charge < -0.3 is 10.6 Å². The molecule has 0 aliphatic carbocycles. The highest BCUT2D eigenvalue weighted by atomic mass is 127. The molecule has 1 aromatic rings. The predicted octanol–water partition coefficient (Wildman–Crippen LogP) is 2.55. The molecule has 1 aliphatic rings. The summed E-state index contributed by atoms with van der Waals surface area (Å²) in [6, 6.07) is 7.07. The third-order valence-electron chi connectivity index (χ3n) is 3.98. The van der Waals surface area contributed by atoms with Crippen LogP contribution in [0.25, 0.3) is 0 Å². The quantitative estimate of drug-likeness (QED) is 0.373. The van der Waals surface area contributed by atoms with Crippen LogP contribution in [0.3, 0.4) is 0 Å². The van der Waals surface area contributed by atoms with Gasteiger partial charge in [-0.2, -0.15) is 4.31 Å². The van der Waals surface area contributed by atoms with Crippen LogP contribution < -0.4 is 10.6 Å². The van der Waals surface area contributed by atoms with Gasteiger partial charge in [-0.05, 0) is 44.4 Å². The standard InChI is InChI=1S/C17H28N4O2S.HI/c1-3-18-17(19-4-2)20-14-15-8-10-16(11-9-15)24(22,23)21-12-6-5-7-13-21;/h8-11H,3-7,12-14H2,1-2H3,(H2,18,19,20);1H. The van der Waals surface area contributed by atoms with Crippen LogP contribution in [0, 0.1) is 0 Å². The Morgan fingerprint density at radius 3 is 2.12 bits per heavy atom. The summed E-state index contributed by atoms with van der Waals surface area (Å²) < 4.78 is 26.8. The summed E-state index contributed by atoms with van der Waals surface area (Å²) in [5.74, 6) is 0.769. The fraction of sp³-hybridized carbons (Fsp3) is 0.588. The van der Waals surface area contributed by atoms with Gasteiger partial charge in [-0.3, -0.25) is 0 Å². The van der Waals surface area contributed by atoms with E-state index in [2.05, 4.69) is 15.6 Å². The largest absolute Gasteiger partial charge is 0.357 e. The van der Waals surface area contributed by atoms with Crippen LogP contribution in [-0.4, -0.2) is 44.9 Å². The van der Waals surface area contributed by atoms with Crippen molar-refractivity contribution in [3.05, 3.63) is 29.8 Å². The van der Waals surface area contributed by atoms with Crippen LogP contribution in [0.4, 0.5) is 0 Å². The zero-order valence-corrected chi connectivity index (χ0v) is 18.1. The van der Waals surface area contributed by atoms with Crippen molar-refractivity contribution in [1.29, 1.82) is 0 Å². The van der Waals surface area contributed by atoms with Crippen molar-refractivity contribution < 1.29 is 8.42 Å². The summed E-state index contributed by atoms with van der Waals surface area (Å²) in [7, 11) is -3.35. The predicted molar refractivity (Wildman–Crippen MR) is 113 cm³/mol. The zero-order chi connectivity index (χ0) is 17.4. The van der Waals surface area contributed by atoms with Gasteiger partial charge in [0.25, 0.3) is 0 Å². The second kappa shape index (κ2) is 11.0. The third kappa shape index (κ3) is 6.41. The molecule has 1 aliphatic heterocycles. The van der Waals surface area contributed by atoms with Crippen molar-refractivity contribution in [2.45, 2.75) is 44.6 Å². The monoisotopic (exact) mass is 480 g/mol. The van der Waals surface area contributed by atoms with Crippen molar-refractivity contribution in [2.75, 3.05) is 26.2 Å². The average molecular weight is 480 g/mol. The molecule has 1 fully saturated rings. The van der Waals surface area contributed by atoms with Crippen molar-refractivity contribution in [1.82, 2.24) is 14.9 Å². The number of aliphatic imine (C=N–C) groups is 1. The van der Waals surface area contributed by atoms with E-state index >= 15 is 0 Å². The lowest BCUT2D eigenvalue weighted by Gasteiger charge is -2.25. The van der Waals surface area contributed by atoms with Crippen LogP contribution in [0.1, 0.15) is 38.7 Å². The van der Waals surface area contributed by atoms with E-state index in [-0.39, 0.29) is 24.0 Å². The van der Waals surface area contributed by atoms with E-state index in [1.807, 2.05) is 26.0 Å². The Morgan fingerprint density at radius 1 is 1.04 bits per heavy atom. The topological polar surface area (TPSA) is 73.8 Å². The molecule has 0 aromatic heterocycles. The van der Waals surface area contributed by atoms with Crippen molar-refractivity contribution in [3.8, 4) is 0 Å². The fourth-order valence-electron chi connectivity index (χ4n) is 2.70. The van der Waals surface area contributed by atoms with Gasteiger partial charge >= 0.3 is 0 Å². The Labute approximate surface area is 168 Å². The summed E-state index contributed by atoms with van der Waals surface area (Å²) in [5, 5.41) is 6.34. The number of hydrogen-bond acceptors (Lipinski definition) is 3. The third-order valence-corrected chi connectivity index (χ3v) is 5.90. The number of guanidine groups is 1. The number of nitrogens with one attached hydrogen (secondary N) is 2. The minimum Gasteiger partial charge on any atom is -0.357 e. The van der Waals surface area contributed by atoms with Crippen LogP contribution in [0.15, 0.2) is 34.2 Å². The summed E-state index contributed by atoms with van der Waals surface area (Å²) in [6.07, 6.45) is 3.01. The van der Waals surface area contributed by atoms with Gasteiger partial charge in [-0.1, -0.05) is 18.6 Å². The zero-order valence-electron chi connectivity index (χ0n) is 15.0. The average Bonchev–Trinajstić information content (AvgIpc) is 2.61. The van der Waals surface area contributed by atoms with E-state index < -0.39 is 10.0 Å². The summed E-state index contributed by atoms with van der Waals surface area (Å²) >= 11 is 0. The smallest absolute Gasteiger partial charge is 0.243 e. The Balaban J connectivity index is 0.00000312. The first-order chi connectivity index (χ1) is 11.6. The minimum atomic E-state index is -3.35. The number of piperidine rings is 1. The lowest BCUT2D eigenvalue weighted by Crippen LogP contribution is -2.37. The second-order valence-corrected chi connectivity index (χ2v) is 7.77. The van der Waals surface area contributed by atoms with Gasteiger partial charge in [0.15, 0.2) is 5.96 Å². The minimum absolute atomic E-state index is 0. The Bertz CT molecular complexity index is 633. The number of nitrogens with zero attached hydrogens (tertiary/aromatic N) is 2. The van der Waals surface area contributed by atoms with Gasteiger partial charge in [-0.15, -0.1) is 24.0 Å². The van der Waals surface area contributed by atoms with Crippen molar-refractivity contribution in [3.63, 3.8) is 0 Å². The molecule has 25 heavy (non-hydrogen) atoms. The molecule has 0 atom stereocenters. The second-order valence-electron chi connectivity index (χ2n) is 5.83. The molecule has 0 unspecified atom stereocenters. The SMILES string of the molecule is CCNC(=NCc1ccc(S(=O)(=O)N2CCCCC2)cc1)NCC.I. The lowest BCUT2D eigenvalue weighted by atomic mass is 10.2. The number of hydrogen-bond donors (Lipinski definition) is 2. The van der Waals surface area contributed by atoms with E-state index in [9.17, 15) is 8.42 Å². The Hall–Kier alpha value is -0.870. The highest BCUT2D eigenvalue weighted by Crippen LogP contribution is 2.20. The van der Waals surface area contributed by atoms with Crippen molar-refractivity contribution >= 4 is 40.0 Å². The molecule has 0 spiro atoms. The molecule has 1 aromatic carbocycles. The molecule has 1 saturated heterocycles. The normalized spacial score (nSPS) is 15.1. The number of rotatable bonds is 6. The van der Waals surface area contributed by atoms with E-state index in [0.717, 1.165) is 43.9 Å². The number of sulfonamides is 1. The van der Waals surface area contributed by atoms with E-state index in [0.29, 0.717) is 24.5 Å². The van der Waals surface area contributed by atoms with Crippen LogP contribution in [0.5, 0.6) is 0 Å². The molecule has 0 saturated carbocycles. The van der Waals surface area contributed by atoms with E-state index in [1.54, 1.807) is 16.4 Å². The first kappa shape index (κ1) is 22.2. The maximum atomic E-state index is 12.6. The van der Waals surface area contributed by atoms with Crippen LogP contribution in [0.2, 0.25) is 0 Å². The molecule has 2 N–H and O–H groups in total. The molecule has 2 rings (SSSR count). The fourth-order valence-corrected chi connectivity index (χ4v) is 4.22. The molecular formula is C17H29IN4O2S.